The first-order valence-electron chi connectivity index (χ1n) is 5.57. The molecule has 0 unspecified atom stereocenters. The van der Waals surface area contributed by atoms with E-state index in [4.69, 9.17) is 0 Å². The minimum absolute atomic E-state index is 0.0722. The van der Waals surface area contributed by atoms with E-state index in [0.29, 0.717) is 6.54 Å². The maximum atomic E-state index is 11.7. The van der Waals surface area contributed by atoms with E-state index in [0.717, 1.165) is 5.56 Å². The molecule has 1 aliphatic rings. The molecule has 1 amide bonds. The molecule has 17 heavy (non-hydrogen) atoms. The minimum Gasteiger partial charge on any atom is -0.481 e. The highest BCUT2D eigenvalue weighted by molar-refractivity contribution is 5.87. The maximum Gasteiger partial charge on any atom is 0.309 e. The Balaban J connectivity index is 2.39. The van der Waals surface area contributed by atoms with E-state index in [1.54, 1.807) is 23.4 Å². The number of aromatic nitrogens is 1. The summed E-state index contributed by atoms with van der Waals surface area (Å²) >= 11 is 0. The van der Waals surface area contributed by atoms with Crippen molar-refractivity contribution in [3.63, 3.8) is 0 Å². The molecule has 1 saturated heterocycles. The number of carbonyl (C=O) groups is 2. The van der Waals surface area contributed by atoms with Crippen molar-refractivity contribution >= 4 is 11.9 Å². The van der Waals surface area contributed by atoms with Gasteiger partial charge < -0.3 is 10.0 Å². The van der Waals surface area contributed by atoms with Crippen LogP contribution < -0.4 is 0 Å². The lowest BCUT2D eigenvalue weighted by Gasteiger charge is -2.25. The lowest BCUT2D eigenvalue weighted by Crippen LogP contribution is -2.30. The SMILES string of the molecule is CCN1C(=O)C[C@@H](C(=O)O)[C@@H]1c1cccnc1. The largest absolute Gasteiger partial charge is 0.481 e. The average molecular weight is 234 g/mol. The fourth-order valence-electron chi connectivity index (χ4n) is 2.35. The van der Waals surface area contributed by atoms with Crippen LogP contribution in [-0.4, -0.2) is 33.4 Å². The Morgan fingerprint density at radius 3 is 2.94 bits per heavy atom. The molecule has 1 N–H and O–H groups in total. The highest BCUT2D eigenvalue weighted by atomic mass is 16.4. The molecule has 0 spiro atoms. The van der Waals surface area contributed by atoms with Gasteiger partial charge in [-0.2, -0.15) is 0 Å². The summed E-state index contributed by atoms with van der Waals surface area (Å²) in [7, 11) is 0. The number of carbonyl (C=O) groups excluding carboxylic acids is 1. The van der Waals surface area contributed by atoms with Crippen LogP contribution in [0.2, 0.25) is 0 Å². The fraction of sp³-hybridized carbons (Fsp3) is 0.417. The van der Waals surface area contributed by atoms with Crippen LogP contribution in [0.5, 0.6) is 0 Å². The van der Waals surface area contributed by atoms with Crippen molar-refractivity contribution in [2.75, 3.05) is 6.54 Å². The van der Waals surface area contributed by atoms with Gasteiger partial charge in [-0.25, -0.2) is 0 Å². The Kier molecular flexibility index (Phi) is 3.08. The van der Waals surface area contributed by atoms with Crippen LogP contribution in [0.25, 0.3) is 0 Å². The summed E-state index contributed by atoms with van der Waals surface area (Å²) in [5.41, 5.74) is 0.785. The Morgan fingerprint density at radius 1 is 1.65 bits per heavy atom. The zero-order valence-electron chi connectivity index (χ0n) is 9.54. The molecule has 5 heteroatoms. The van der Waals surface area contributed by atoms with E-state index in [-0.39, 0.29) is 12.3 Å². The second kappa shape index (κ2) is 4.53. The molecule has 1 aliphatic heterocycles. The topological polar surface area (TPSA) is 70.5 Å². The van der Waals surface area contributed by atoms with Crippen molar-refractivity contribution < 1.29 is 14.7 Å². The maximum absolute atomic E-state index is 11.7. The van der Waals surface area contributed by atoms with E-state index in [1.807, 2.05) is 13.0 Å². The Hall–Kier alpha value is -1.91. The molecule has 0 radical (unpaired) electrons. The Labute approximate surface area is 99.1 Å². The molecule has 0 bridgehead atoms. The molecule has 90 valence electrons. The number of nitrogens with zero attached hydrogens (tertiary/aromatic N) is 2. The molecule has 2 heterocycles. The van der Waals surface area contributed by atoms with Gasteiger partial charge in [0.05, 0.1) is 12.0 Å². The fourth-order valence-corrected chi connectivity index (χ4v) is 2.35. The number of hydrogen-bond donors (Lipinski definition) is 1. The highest BCUT2D eigenvalue weighted by Crippen LogP contribution is 2.37. The highest BCUT2D eigenvalue weighted by Gasteiger charge is 2.43. The second-order valence-corrected chi connectivity index (χ2v) is 4.06. The first-order chi connectivity index (χ1) is 8.15. The van der Waals surface area contributed by atoms with Gasteiger partial charge in [0.2, 0.25) is 5.91 Å². The van der Waals surface area contributed by atoms with Gasteiger partial charge in [-0.05, 0) is 18.6 Å². The molecular weight excluding hydrogens is 220 g/mol. The number of hydrogen-bond acceptors (Lipinski definition) is 3. The lowest BCUT2D eigenvalue weighted by atomic mass is 9.95. The van der Waals surface area contributed by atoms with Crippen LogP contribution in [0.3, 0.4) is 0 Å². The van der Waals surface area contributed by atoms with E-state index < -0.39 is 17.9 Å². The molecule has 0 saturated carbocycles. The number of rotatable bonds is 3. The quantitative estimate of drug-likeness (QED) is 0.849. The van der Waals surface area contributed by atoms with Gasteiger partial charge in [0.25, 0.3) is 0 Å². The Bertz CT molecular complexity index is 433. The predicted octanol–water partition coefficient (Wildman–Crippen LogP) is 1.08. The van der Waals surface area contributed by atoms with Crippen molar-refractivity contribution in [3.05, 3.63) is 30.1 Å². The molecule has 1 aromatic rings. The Morgan fingerprint density at radius 2 is 2.41 bits per heavy atom. The monoisotopic (exact) mass is 234 g/mol. The van der Waals surface area contributed by atoms with Crippen LogP contribution >= 0.6 is 0 Å². The van der Waals surface area contributed by atoms with Gasteiger partial charge in [-0.1, -0.05) is 6.07 Å². The van der Waals surface area contributed by atoms with E-state index in [9.17, 15) is 14.7 Å². The molecule has 5 nitrogen and oxygen atoms in total. The van der Waals surface area contributed by atoms with Crippen molar-refractivity contribution in [1.29, 1.82) is 0 Å². The third-order valence-corrected chi connectivity index (χ3v) is 3.12. The summed E-state index contributed by atoms with van der Waals surface area (Å²) in [6.45, 7) is 2.37. The smallest absolute Gasteiger partial charge is 0.309 e. The molecule has 0 aliphatic carbocycles. The molecular formula is C12H14N2O3. The standard InChI is InChI=1S/C12H14N2O3/c1-2-14-10(15)6-9(12(16)17)11(14)8-4-3-5-13-7-8/h3-5,7,9,11H,2,6H2,1H3,(H,16,17)/t9-,11+/m1/s1. The third kappa shape index (κ3) is 2.00. The van der Waals surface area contributed by atoms with Crippen molar-refractivity contribution in [2.24, 2.45) is 5.92 Å². The molecule has 1 fully saturated rings. The van der Waals surface area contributed by atoms with E-state index in [1.165, 1.54) is 0 Å². The third-order valence-electron chi connectivity index (χ3n) is 3.12. The zero-order valence-corrected chi connectivity index (χ0v) is 9.54. The second-order valence-electron chi connectivity index (χ2n) is 4.06. The zero-order chi connectivity index (χ0) is 12.4. The summed E-state index contributed by atoms with van der Waals surface area (Å²) in [5.74, 6) is -1.71. The van der Waals surface area contributed by atoms with Gasteiger partial charge >= 0.3 is 5.97 Å². The molecule has 0 aromatic carbocycles. The molecule has 1 aromatic heterocycles. The van der Waals surface area contributed by atoms with E-state index in [2.05, 4.69) is 4.98 Å². The summed E-state index contributed by atoms with van der Waals surface area (Å²) in [6.07, 6.45) is 3.33. The van der Waals surface area contributed by atoms with Gasteiger partial charge in [0, 0.05) is 25.4 Å². The number of pyridine rings is 1. The lowest BCUT2D eigenvalue weighted by molar-refractivity contribution is -0.142. The normalized spacial score (nSPS) is 24.1. The number of carboxylic acids is 1. The number of aliphatic carboxylic acids is 1. The summed E-state index contributed by atoms with van der Waals surface area (Å²) in [4.78, 5) is 28.5. The summed E-state index contributed by atoms with van der Waals surface area (Å²) in [5, 5.41) is 9.18. The number of amides is 1. The number of carboxylic acid groups (broad SMARTS) is 1. The first-order valence-corrected chi connectivity index (χ1v) is 5.57. The van der Waals surface area contributed by atoms with Crippen LogP contribution in [0.1, 0.15) is 24.9 Å². The van der Waals surface area contributed by atoms with Gasteiger partial charge in [0.15, 0.2) is 0 Å². The average Bonchev–Trinajstić information content (AvgIpc) is 2.67. The van der Waals surface area contributed by atoms with Gasteiger partial charge in [-0.3, -0.25) is 14.6 Å². The van der Waals surface area contributed by atoms with Crippen molar-refractivity contribution in [2.45, 2.75) is 19.4 Å². The summed E-state index contributed by atoms with van der Waals surface area (Å²) < 4.78 is 0. The van der Waals surface area contributed by atoms with Gasteiger partial charge in [0.1, 0.15) is 0 Å². The van der Waals surface area contributed by atoms with Crippen LogP contribution in [0.15, 0.2) is 24.5 Å². The molecule has 2 rings (SSSR count). The van der Waals surface area contributed by atoms with E-state index >= 15 is 0 Å². The van der Waals surface area contributed by atoms with Gasteiger partial charge in [-0.15, -0.1) is 0 Å². The van der Waals surface area contributed by atoms with Crippen molar-refractivity contribution in [1.82, 2.24) is 9.88 Å². The number of likely N-dealkylation sites (tertiary alicyclic amines) is 1. The first kappa shape index (κ1) is 11.6. The van der Waals surface area contributed by atoms with Crippen molar-refractivity contribution in [3.8, 4) is 0 Å². The van der Waals surface area contributed by atoms with Crippen LogP contribution in [0, 0.1) is 5.92 Å². The van der Waals surface area contributed by atoms with Crippen LogP contribution in [0.4, 0.5) is 0 Å². The minimum atomic E-state index is -0.928. The summed E-state index contributed by atoms with van der Waals surface area (Å²) in [6, 6.07) is 3.18. The van der Waals surface area contributed by atoms with Crippen LogP contribution in [-0.2, 0) is 9.59 Å². The predicted molar refractivity (Wildman–Crippen MR) is 60.1 cm³/mol. The molecule has 2 atom stereocenters.